The van der Waals surface area contributed by atoms with E-state index in [4.69, 9.17) is 5.11 Å². The summed E-state index contributed by atoms with van der Waals surface area (Å²) < 4.78 is 0. The van der Waals surface area contributed by atoms with E-state index in [0.717, 1.165) is 11.6 Å². The predicted octanol–water partition coefficient (Wildman–Crippen LogP) is 2.50. The number of benzene rings is 1. The fourth-order valence-corrected chi connectivity index (χ4v) is 0.898. The fraction of sp³-hybridized carbons (Fsp3) is 0. The Balaban J connectivity index is 2.58. The van der Waals surface area contributed by atoms with Crippen molar-refractivity contribution in [2.75, 3.05) is 0 Å². The van der Waals surface area contributed by atoms with Gasteiger partial charge in [0.2, 0.25) is 0 Å². The van der Waals surface area contributed by atoms with Crippen LogP contribution in [0.4, 0.5) is 0 Å². The quantitative estimate of drug-likeness (QED) is 0.447. The average molecular weight is 186 g/mol. The van der Waals surface area contributed by atoms with Crippen LogP contribution in [0.25, 0.3) is 6.08 Å². The third-order valence-electron chi connectivity index (χ3n) is 1.49. The molecule has 0 aliphatic carbocycles. The molecule has 1 N–H and O–H groups in total. The first-order valence-corrected chi connectivity index (χ1v) is 4.16. The molecular weight excluding hydrogens is 176 g/mol. The number of carboxylic acids is 1. The molecule has 70 valence electrons. The Labute approximate surface area is 82.5 Å². The normalized spacial score (nSPS) is 9.43. The third-order valence-corrected chi connectivity index (χ3v) is 1.49. The molecule has 0 unspecified atom stereocenters. The Kier molecular flexibility index (Phi) is 3.99. The largest absolute Gasteiger partial charge is 0.478 e. The van der Waals surface area contributed by atoms with Gasteiger partial charge in [0.15, 0.2) is 0 Å². The first-order chi connectivity index (χ1) is 6.79. The Morgan fingerprint density at radius 3 is 2.64 bits per heavy atom. The molecule has 0 amide bonds. The highest BCUT2D eigenvalue weighted by Gasteiger charge is 1.80. The molecule has 2 nitrogen and oxygen atoms in total. The number of rotatable bonds is 3. The lowest BCUT2D eigenvalue weighted by molar-refractivity contribution is -0.131. The number of aliphatic carboxylic acids is 1. The minimum absolute atomic E-state index is 0.968. The zero-order valence-corrected chi connectivity index (χ0v) is 7.55. The monoisotopic (exact) mass is 186 g/mol. The summed E-state index contributed by atoms with van der Waals surface area (Å²) in [6.07, 6.45) is 6.15. The molecule has 1 aromatic rings. The van der Waals surface area contributed by atoms with E-state index in [-0.39, 0.29) is 0 Å². The van der Waals surface area contributed by atoms with Gasteiger partial charge in [-0.15, -0.1) is 5.73 Å². The molecule has 0 aliphatic rings. The van der Waals surface area contributed by atoms with E-state index in [1.165, 1.54) is 0 Å². The Bertz CT molecular complexity index is 382. The maximum absolute atomic E-state index is 10.1. The molecule has 2 heteroatoms. The molecular formula is C12H10O2. The number of hydrogen-bond donors (Lipinski definition) is 1. The van der Waals surface area contributed by atoms with E-state index in [9.17, 15) is 4.79 Å². The highest BCUT2D eigenvalue weighted by Crippen LogP contribution is 2.00. The molecule has 0 atom stereocenters. The smallest absolute Gasteiger partial charge is 0.336 e. The summed E-state index contributed by atoms with van der Waals surface area (Å²) in [6.45, 7) is 0. The summed E-state index contributed by atoms with van der Waals surface area (Å²) in [7, 11) is 0. The summed E-state index contributed by atoms with van der Waals surface area (Å²) >= 11 is 0. The SMILES string of the molecule is O=C(O)C=C=CC=Cc1ccccc1. The molecule has 0 saturated carbocycles. The maximum Gasteiger partial charge on any atom is 0.336 e. The van der Waals surface area contributed by atoms with E-state index in [1.54, 1.807) is 12.2 Å². The zero-order chi connectivity index (χ0) is 10.2. The van der Waals surface area contributed by atoms with Crippen LogP contribution in [0.15, 0.2) is 54.3 Å². The van der Waals surface area contributed by atoms with E-state index >= 15 is 0 Å². The molecule has 0 heterocycles. The van der Waals surface area contributed by atoms with Gasteiger partial charge in [-0.2, -0.15) is 0 Å². The summed E-state index contributed by atoms with van der Waals surface area (Å²) in [4.78, 5) is 10.1. The van der Waals surface area contributed by atoms with Gasteiger partial charge in [0, 0.05) is 0 Å². The maximum atomic E-state index is 10.1. The summed E-state index contributed by atoms with van der Waals surface area (Å²) in [5.41, 5.74) is 3.59. The van der Waals surface area contributed by atoms with E-state index in [0.29, 0.717) is 0 Å². The van der Waals surface area contributed by atoms with Crippen LogP contribution in [0, 0.1) is 0 Å². The number of carboxylic acid groups (broad SMARTS) is 1. The van der Waals surface area contributed by atoms with Gasteiger partial charge in [-0.1, -0.05) is 42.5 Å². The second-order valence-electron chi connectivity index (χ2n) is 2.59. The molecule has 0 aliphatic heterocycles. The van der Waals surface area contributed by atoms with Crippen LogP contribution in [0.5, 0.6) is 0 Å². The second kappa shape index (κ2) is 5.57. The molecule has 0 aromatic heterocycles. The van der Waals surface area contributed by atoms with Gasteiger partial charge < -0.3 is 5.11 Å². The topological polar surface area (TPSA) is 37.3 Å². The van der Waals surface area contributed by atoms with Crippen molar-refractivity contribution in [3.8, 4) is 0 Å². The van der Waals surface area contributed by atoms with Crippen LogP contribution in [-0.2, 0) is 4.79 Å². The first-order valence-electron chi connectivity index (χ1n) is 4.16. The molecule has 0 spiro atoms. The van der Waals surface area contributed by atoms with Gasteiger partial charge in [-0.05, 0) is 11.6 Å². The van der Waals surface area contributed by atoms with Gasteiger partial charge >= 0.3 is 5.97 Å². The van der Waals surface area contributed by atoms with E-state index < -0.39 is 5.97 Å². The molecule has 0 bridgehead atoms. The van der Waals surface area contributed by atoms with Crippen LogP contribution >= 0.6 is 0 Å². The van der Waals surface area contributed by atoms with Gasteiger partial charge in [0.1, 0.15) is 0 Å². The minimum atomic E-state index is -0.991. The fourth-order valence-electron chi connectivity index (χ4n) is 0.898. The molecule has 0 fully saturated rings. The number of carbonyl (C=O) groups is 1. The molecule has 0 saturated heterocycles. The van der Waals surface area contributed by atoms with Crippen LogP contribution < -0.4 is 0 Å². The molecule has 14 heavy (non-hydrogen) atoms. The molecule has 0 radical (unpaired) electrons. The van der Waals surface area contributed by atoms with Crippen molar-refractivity contribution in [1.29, 1.82) is 0 Å². The minimum Gasteiger partial charge on any atom is -0.478 e. The number of hydrogen-bond acceptors (Lipinski definition) is 1. The Hall–Kier alpha value is -2.05. The molecule has 1 aromatic carbocycles. The van der Waals surface area contributed by atoms with E-state index in [1.807, 2.05) is 36.4 Å². The van der Waals surface area contributed by atoms with Crippen molar-refractivity contribution in [1.82, 2.24) is 0 Å². The summed E-state index contributed by atoms with van der Waals surface area (Å²) in [5.74, 6) is -0.991. The van der Waals surface area contributed by atoms with Crippen molar-refractivity contribution in [3.63, 3.8) is 0 Å². The zero-order valence-electron chi connectivity index (χ0n) is 7.55. The highest BCUT2D eigenvalue weighted by molar-refractivity contribution is 5.79. The van der Waals surface area contributed by atoms with Crippen molar-refractivity contribution < 1.29 is 9.90 Å². The third kappa shape index (κ3) is 4.10. The van der Waals surface area contributed by atoms with Crippen molar-refractivity contribution in [3.05, 3.63) is 59.9 Å². The van der Waals surface area contributed by atoms with Crippen LogP contribution in [-0.4, -0.2) is 11.1 Å². The lowest BCUT2D eigenvalue weighted by Crippen LogP contribution is -1.83. The van der Waals surface area contributed by atoms with E-state index in [2.05, 4.69) is 5.73 Å². The lowest BCUT2D eigenvalue weighted by Gasteiger charge is -1.87. The van der Waals surface area contributed by atoms with Crippen molar-refractivity contribution in [2.24, 2.45) is 0 Å². The lowest BCUT2D eigenvalue weighted by atomic mass is 10.2. The highest BCUT2D eigenvalue weighted by atomic mass is 16.4. The van der Waals surface area contributed by atoms with Gasteiger partial charge in [0.25, 0.3) is 0 Å². The van der Waals surface area contributed by atoms with Gasteiger partial charge in [0.05, 0.1) is 6.08 Å². The van der Waals surface area contributed by atoms with Gasteiger partial charge in [-0.25, -0.2) is 4.79 Å². The van der Waals surface area contributed by atoms with Crippen LogP contribution in [0.3, 0.4) is 0 Å². The molecule has 1 rings (SSSR count). The van der Waals surface area contributed by atoms with Crippen molar-refractivity contribution >= 4 is 12.0 Å². The van der Waals surface area contributed by atoms with Gasteiger partial charge in [-0.3, -0.25) is 0 Å². The first kappa shape index (κ1) is 10.0. The van der Waals surface area contributed by atoms with Crippen LogP contribution in [0.2, 0.25) is 0 Å². The Morgan fingerprint density at radius 1 is 1.29 bits per heavy atom. The predicted molar refractivity (Wildman–Crippen MR) is 55.8 cm³/mol. The number of allylic oxidation sites excluding steroid dienone is 1. The standard InChI is InChI=1S/C12H10O2/c13-12(14)10-6-2-5-9-11-7-3-1-4-8-11/h1-5,7-10H,(H,13,14). The second-order valence-corrected chi connectivity index (χ2v) is 2.59. The van der Waals surface area contributed by atoms with Crippen molar-refractivity contribution in [2.45, 2.75) is 0 Å². The average Bonchev–Trinajstić information content (AvgIpc) is 2.18. The Morgan fingerprint density at radius 2 is 2.00 bits per heavy atom. The van der Waals surface area contributed by atoms with Crippen LogP contribution in [0.1, 0.15) is 5.56 Å². The summed E-state index contributed by atoms with van der Waals surface area (Å²) in [6, 6.07) is 9.75. The summed E-state index contributed by atoms with van der Waals surface area (Å²) in [5, 5.41) is 8.27.